The van der Waals surface area contributed by atoms with Crippen LogP contribution in [0, 0.1) is 5.92 Å². The Morgan fingerprint density at radius 3 is 1.91 bits per heavy atom. The Morgan fingerprint density at radius 2 is 1.37 bits per heavy atom. The van der Waals surface area contributed by atoms with Gasteiger partial charge in [0.15, 0.2) is 6.10 Å². The van der Waals surface area contributed by atoms with Gasteiger partial charge in [-0.1, -0.05) is 74.5 Å². The fraction of sp³-hybridized carbons (Fsp3) is 0.467. The molecule has 13 nitrogen and oxygen atoms in total. The normalized spacial score (nSPS) is 16.2. The lowest BCUT2D eigenvalue weighted by molar-refractivity contribution is -0.145. The Kier molecular flexibility index (Phi) is 14.2. The lowest BCUT2D eigenvalue weighted by Crippen LogP contribution is -2.60. The molecule has 10 N–H and O–H groups in total. The first-order valence-corrected chi connectivity index (χ1v) is 14.0. The number of hydrogen-bond acceptors (Lipinski definition) is 9. The van der Waals surface area contributed by atoms with Gasteiger partial charge in [0.1, 0.15) is 18.2 Å². The van der Waals surface area contributed by atoms with Crippen molar-refractivity contribution in [2.45, 2.75) is 75.6 Å². The Morgan fingerprint density at radius 1 is 0.791 bits per heavy atom. The summed E-state index contributed by atoms with van der Waals surface area (Å²) in [4.78, 5) is 49.9. The van der Waals surface area contributed by atoms with Crippen LogP contribution in [0.3, 0.4) is 0 Å². The first-order chi connectivity index (χ1) is 20.3. The van der Waals surface area contributed by atoms with E-state index in [1.54, 1.807) is 30.3 Å². The number of benzene rings is 2. The highest BCUT2D eigenvalue weighted by Crippen LogP contribution is 2.18. The zero-order valence-corrected chi connectivity index (χ0v) is 24.2. The number of nitrogens with two attached hydrogens (primary N) is 1. The minimum absolute atomic E-state index is 0.0571. The summed E-state index contributed by atoms with van der Waals surface area (Å²) in [6.07, 6.45) is -6.57. The fourth-order valence-corrected chi connectivity index (χ4v) is 4.41. The number of carboxylic acids is 1. The largest absolute Gasteiger partial charge is 0.481 e. The summed E-state index contributed by atoms with van der Waals surface area (Å²) in [7, 11) is 0. The van der Waals surface area contributed by atoms with Crippen LogP contribution >= 0.6 is 0 Å². The monoisotopic (exact) mass is 602 g/mol. The first-order valence-electron chi connectivity index (χ1n) is 14.0. The van der Waals surface area contributed by atoms with Crippen molar-refractivity contribution < 1.29 is 44.7 Å². The van der Waals surface area contributed by atoms with Crippen LogP contribution in [0.2, 0.25) is 0 Å². The number of rotatable bonds is 17. The molecule has 0 unspecified atom stereocenters. The zero-order chi connectivity index (χ0) is 32.1. The van der Waals surface area contributed by atoms with Gasteiger partial charge in [0, 0.05) is 0 Å². The molecule has 0 radical (unpaired) electrons. The van der Waals surface area contributed by atoms with Crippen molar-refractivity contribution in [3.8, 4) is 0 Å². The summed E-state index contributed by atoms with van der Waals surface area (Å²) in [6, 6.07) is 12.5. The number of carbonyl (C=O) groups excluding carboxylic acids is 3. The molecule has 2 aromatic rings. The molecule has 0 aromatic heterocycles. The van der Waals surface area contributed by atoms with Gasteiger partial charge in [0.25, 0.3) is 5.91 Å². The number of aliphatic hydroxyl groups is 4. The number of carbonyl (C=O) groups is 4. The van der Waals surface area contributed by atoms with Crippen molar-refractivity contribution in [3.63, 3.8) is 0 Å². The lowest BCUT2D eigenvalue weighted by Gasteiger charge is -2.31. The second kappa shape index (κ2) is 17.3. The highest BCUT2D eigenvalue weighted by atomic mass is 16.4. The third-order valence-corrected chi connectivity index (χ3v) is 6.75. The predicted molar refractivity (Wildman–Crippen MR) is 156 cm³/mol. The van der Waals surface area contributed by atoms with Gasteiger partial charge < -0.3 is 47.2 Å². The van der Waals surface area contributed by atoms with Crippen molar-refractivity contribution in [1.82, 2.24) is 16.0 Å². The first kappa shape index (κ1) is 35.3. The van der Waals surface area contributed by atoms with E-state index in [0.717, 1.165) is 5.56 Å². The summed E-state index contributed by atoms with van der Waals surface area (Å²) in [5.74, 6) is -3.84. The second-order valence-corrected chi connectivity index (χ2v) is 10.8. The number of hydrogen-bond donors (Lipinski definition) is 9. The van der Waals surface area contributed by atoms with Crippen molar-refractivity contribution >= 4 is 23.7 Å². The average Bonchev–Trinajstić information content (AvgIpc) is 2.98. The molecule has 13 heteroatoms. The Labute approximate surface area is 250 Å². The van der Waals surface area contributed by atoms with Gasteiger partial charge in [-0.05, 0) is 29.9 Å². The summed E-state index contributed by atoms with van der Waals surface area (Å²) < 4.78 is 0. The molecule has 0 aliphatic carbocycles. The quantitative estimate of drug-likeness (QED) is 0.107. The molecular formula is C30H42N4O9. The van der Waals surface area contributed by atoms with Crippen LogP contribution in [0.4, 0.5) is 0 Å². The van der Waals surface area contributed by atoms with Crippen molar-refractivity contribution in [3.05, 3.63) is 71.8 Å². The molecule has 2 rings (SSSR count). The Hall–Kier alpha value is -3.88. The van der Waals surface area contributed by atoms with Crippen LogP contribution in [0.5, 0.6) is 0 Å². The molecule has 0 saturated heterocycles. The van der Waals surface area contributed by atoms with E-state index in [0.29, 0.717) is 5.56 Å². The van der Waals surface area contributed by atoms with Crippen LogP contribution in [-0.4, -0.2) is 92.3 Å². The molecule has 0 fully saturated rings. The average molecular weight is 603 g/mol. The number of aliphatic carboxylic acids is 1. The molecule has 0 aliphatic heterocycles. The van der Waals surface area contributed by atoms with E-state index in [9.17, 15) is 44.7 Å². The smallest absolute Gasteiger partial charge is 0.305 e. The SMILES string of the molecule is CC(C)C[C@H](NC(=O)[C@@H](N)Cc1ccccc1)C(=O)N[C@@H](CO)[C@@H](O)[C@@H](O)[C@H](O)C(=O)N[C@@H](CC(=O)O)c1ccccc1. The van der Waals surface area contributed by atoms with Gasteiger partial charge in [-0.25, -0.2) is 0 Å². The molecule has 3 amide bonds. The van der Waals surface area contributed by atoms with Gasteiger partial charge in [0.05, 0.1) is 31.2 Å². The van der Waals surface area contributed by atoms with E-state index in [1.807, 2.05) is 44.2 Å². The fourth-order valence-electron chi connectivity index (χ4n) is 4.41. The van der Waals surface area contributed by atoms with Crippen molar-refractivity contribution in [2.75, 3.05) is 6.61 Å². The molecule has 0 heterocycles. The molecule has 2 aromatic carbocycles. The van der Waals surface area contributed by atoms with E-state index >= 15 is 0 Å². The standard InChI is InChI=1S/C30H42N4O9/c1-17(2)13-22(33-28(41)20(31)14-18-9-5-3-6-10-18)29(42)34-23(16-35)25(38)26(39)27(40)30(43)32-21(15-24(36)37)19-11-7-4-8-12-19/h3-12,17,20-23,25-27,35,38-40H,13-16,31H2,1-2H3,(H,32,43)(H,33,41)(H,34,42)(H,36,37)/t20-,21-,22-,23-,25+,26+,27-/m0/s1. The molecule has 0 saturated carbocycles. The maximum atomic E-state index is 13.1. The molecular weight excluding hydrogens is 560 g/mol. The minimum atomic E-state index is -2.25. The van der Waals surface area contributed by atoms with E-state index in [4.69, 9.17) is 5.73 Å². The van der Waals surface area contributed by atoms with Crippen LogP contribution in [0.1, 0.15) is 43.9 Å². The highest BCUT2D eigenvalue weighted by molar-refractivity contribution is 5.90. The molecule has 236 valence electrons. The van der Waals surface area contributed by atoms with Crippen molar-refractivity contribution in [2.24, 2.45) is 11.7 Å². The second-order valence-electron chi connectivity index (χ2n) is 10.8. The summed E-state index contributed by atoms with van der Waals surface area (Å²) in [5.41, 5.74) is 7.31. The lowest BCUT2D eigenvalue weighted by atomic mass is 9.98. The number of carboxylic acid groups (broad SMARTS) is 1. The van der Waals surface area contributed by atoms with Crippen LogP contribution in [0.25, 0.3) is 0 Å². The maximum absolute atomic E-state index is 13.1. The Bertz CT molecular complexity index is 1180. The predicted octanol–water partition coefficient (Wildman–Crippen LogP) is -1.02. The number of nitrogens with one attached hydrogen (secondary N) is 3. The molecule has 0 aliphatic rings. The maximum Gasteiger partial charge on any atom is 0.305 e. The molecule has 0 spiro atoms. The van der Waals surface area contributed by atoms with Gasteiger partial charge >= 0.3 is 5.97 Å². The van der Waals surface area contributed by atoms with Crippen LogP contribution in [0.15, 0.2) is 60.7 Å². The topological polar surface area (TPSA) is 232 Å². The summed E-state index contributed by atoms with van der Waals surface area (Å²) >= 11 is 0. The highest BCUT2D eigenvalue weighted by Gasteiger charge is 2.37. The third kappa shape index (κ3) is 11.4. The summed E-state index contributed by atoms with van der Waals surface area (Å²) in [6.45, 7) is 2.75. The van der Waals surface area contributed by atoms with E-state index < -0.39 is 79.2 Å². The van der Waals surface area contributed by atoms with Gasteiger partial charge in [-0.3, -0.25) is 19.2 Å². The van der Waals surface area contributed by atoms with E-state index in [-0.39, 0.29) is 18.8 Å². The summed E-state index contributed by atoms with van der Waals surface area (Å²) in [5, 5.41) is 58.1. The van der Waals surface area contributed by atoms with Gasteiger partial charge in [0.2, 0.25) is 11.8 Å². The van der Waals surface area contributed by atoms with Gasteiger partial charge in [-0.15, -0.1) is 0 Å². The number of amides is 3. The number of aliphatic hydroxyl groups excluding tert-OH is 4. The van der Waals surface area contributed by atoms with Crippen LogP contribution < -0.4 is 21.7 Å². The zero-order valence-electron chi connectivity index (χ0n) is 24.2. The molecule has 7 atom stereocenters. The van der Waals surface area contributed by atoms with E-state index in [2.05, 4.69) is 16.0 Å². The van der Waals surface area contributed by atoms with Crippen LogP contribution in [-0.2, 0) is 25.6 Å². The third-order valence-electron chi connectivity index (χ3n) is 6.75. The molecule has 0 bridgehead atoms. The minimum Gasteiger partial charge on any atom is -0.481 e. The Balaban J connectivity index is 2.07. The molecule has 43 heavy (non-hydrogen) atoms. The van der Waals surface area contributed by atoms with E-state index in [1.165, 1.54) is 0 Å². The van der Waals surface area contributed by atoms with Gasteiger partial charge in [-0.2, -0.15) is 0 Å². The van der Waals surface area contributed by atoms with Crippen molar-refractivity contribution in [1.29, 1.82) is 0 Å².